The molecule has 1 aliphatic carbocycles. The lowest BCUT2D eigenvalue weighted by Gasteiger charge is -2.49. The molecular weight excluding hydrogens is 214 g/mol. The molecule has 5 nitrogen and oxygen atoms in total. The van der Waals surface area contributed by atoms with Gasteiger partial charge in [-0.25, -0.2) is 4.98 Å². The van der Waals surface area contributed by atoms with Crippen LogP contribution < -0.4 is 10.6 Å². The summed E-state index contributed by atoms with van der Waals surface area (Å²) in [4.78, 5) is 12.8. The zero-order valence-electron chi connectivity index (χ0n) is 10.8. The zero-order chi connectivity index (χ0) is 12.5. The Morgan fingerprint density at radius 1 is 1.29 bits per heavy atom. The molecule has 1 heterocycles. The van der Waals surface area contributed by atoms with Crippen LogP contribution in [0.2, 0.25) is 0 Å². The molecule has 2 rings (SSSR count). The predicted octanol–water partition coefficient (Wildman–Crippen LogP) is 0.979. The van der Waals surface area contributed by atoms with Crippen molar-refractivity contribution >= 4 is 11.6 Å². The molecule has 5 heteroatoms. The molecule has 94 valence electrons. The summed E-state index contributed by atoms with van der Waals surface area (Å²) in [6.45, 7) is 0.970. The van der Waals surface area contributed by atoms with E-state index < -0.39 is 0 Å². The van der Waals surface area contributed by atoms with Crippen molar-refractivity contribution in [1.29, 1.82) is 0 Å². The summed E-state index contributed by atoms with van der Waals surface area (Å²) in [5.74, 6) is 1.32. The highest BCUT2D eigenvalue weighted by molar-refractivity contribution is 5.41. The Hall–Kier alpha value is -1.36. The average molecular weight is 235 g/mol. The summed E-state index contributed by atoms with van der Waals surface area (Å²) in [5, 5.41) is 0. The van der Waals surface area contributed by atoms with Gasteiger partial charge >= 0.3 is 0 Å². The topological polar surface area (TPSA) is 58.3 Å². The first-order valence-electron chi connectivity index (χ1n) is 6.00. The van der Waals surface area contributed by atoms with Gasteiger partial charge in [0.05, 0.1) is 12.4 Å². The number of hydrogen-bond donors (Lipinski definition) is 1. The number of hydrogen-bond acceptors (Lipinski definition) is 5. The van der Waals surface area contributed by atoms with Gasteiger partial charge in [0.1, 0.15) is 11.6 Å². The molecule has 1 aliphatic rings. The van der Waals surface area contributed by atoms with Gasteiger partial charge in [0.2, 0.25) is 0 Å². The molecule has 1 saturated carbocycles. The van der Waals surface area contributed by atoms with Gasteiger partial charge in [-0.3, -0.25) is 4.98 Å². The van der Waals surface area contributed by atoms with E-state index in [4.69, 9.17) is 5.73 Å². The molecule has 0 amide bonds. The Balaban J connectivity index is 2.08. The van der Waals surface area contributed by atoms with Gasteiger partial charge < -0.3 is 15.5 Å². The summed E-state index contributed by atoms with van der Waals surface area (Å²) in [6, 6.07) is 0. The first-order valence-corrected chi connectivity index (χ1v) is 6.00. The van der Waals surface area contributed by atoms with E-state index >= 15 is 0 Å². The number of anilines is 2. The largest absolute Gasteiger partial charge is 0.382 e. The van der Waals surface area contributed by atoms with Gasteiger partial charge in [-0.05, 0) is 33.4 Å². The van der Waals surface area contributed by atoms with Crippen molar-refractivity contribution in [2.45, 2.75) is 24.8 Å². The smallest absolute Gasteiger partial charge is 0.149 e. The molecule has 0 aliphatic heterocycles. The predicted molar refractivity (Wildman–Crippen MR) is 70.0 cm³/mol. The van der Waals surface area contributed by atoms with Gasteiger partial charge in [0.15, 0.2) is 0 Å². The lowest BCUT2D eigenvalue weighted by molar-refractivity contribution is 0.0682. The second-order valence-electron chi connectivity index (χ2n) is 5.13. The number of nitrogens with two attached hydrogens (primary N) is 1. The Morgan fingerprint density at radius 2 is 2.00 bits per heavy atom. The Bertz CT molecular complexity index is 386. The van der Waals surface area contributed by atoms with Crippen molar-refractivity contribution in [1.82, 2.24) is 14.9 Å². The number of aromatic nitrogens is 2. The van der Waals surface area contributed by atoms with Crippen LogP contribution in [0, 0.1) is 0 Å². The Kier molecular flexibility index (Phi) is 3.19. The van der Waals surface area contributed by atoms with Crippen molar-refractivity contribution < 1.29 is 0 Å². The highest BCUT2D eigenvalue weighted by atomic mass is 15.3. The minimum Gasteiger partial charge on any atom is -0.382 e. The van der Waals surface area contributed by atoms with E-state index in [1.54, 1.807) is 12.4 Å². The fraction of sp³-hybridized carbons (Fsp3) is 0.667. The SMILES string of the molecule is CN(CC1(N(C)C)CCC1)c1cncc(N)n1. The third-order valence-electron chi connectivity index (χ3n) is 3.80. The van der Waals surface area contributed by atoms with Gasteiger partial charge in [0, 0.05) is 19.1 Å². The molecular formula is C12H21N5. The summed E-state index contributed by atoms with van der Waals surface area (Å²) in [5.41, 5.74) is 5.95. The average Bonchev–Trinajstić information content (AvgIpc) is 2.22. The summed E-state index contributed by atoms with van der Waals surface area (Å²) in [6.07, 6.45) is 7.15. The van der Waals surface area contributed by atoms with Crippen LogP contribution >= 0.6 is 0 Å². The van der Waals surface area contributed by atoms with Gasteiger partial charge in [-0.1, -0.05) is 0 Å². The molecule has 0 radical (unpaired) electrons. The van der Waals surface area contributed by atoms with Crippen molar-refractivity contribution in [3.05, 3.63) is 12.4 Å². The van der Waals surface area contributed by atoms with Crippen LogP contribution in [0.1, 0.15) is 19.3 Å². The van der Waals surface area contributed by atoms with E-state index in [0.717, 1.165) is 12.4 Å². The van der Waals surface area contributed by atoms with Crippen molar-refractivity contribution in [2.75, 3.05) is 38.3 Å². The van der Waals surface area contributed by atoms with Crippen LogP contribution in [-0.2, 0) is 0 Å². The van der Waals surface area contributed by atoms with E-state index in [-0.39, 0.29) is 0 Å². The van der Waals surface area contributed by atoms with Crippen LogP contribution in [0.4, 0.5) is 11.6 Å². The third kappa shape index (κ3) is 2.34. The molecule has 0 saturated heterocycles. The summed E-state index contributed by atoms with van der Waals surface area (Å²) >= 11 is 0. The highest BCUT2D eigenvalue weighted by Gasteiger charge is 2.40. The van der Waals surface area contributed by atoms with Gasteiger partial charge in [-0.15, -0.1) is 0 Å². The third-order valence-corrected chi connectivity index (χ3v) is 3.80. The van der Waals surface area contributed by atoms with Crippen molar-refractivity contribution in [3.8, 4) is 0 Å². The van der Waals surface area contributed by atoms with Crippen molar-refractivity contribution in [2.24, 2.45) is 0 Å². The normalized spacial score (nSPS) is 17.9. The van der Waals surface area contributed by atoms with E-state index in [9.17, 15) is 0 Å². The lowest BCUT2D eigenvalue weighted by Crippen LogP contribution is -2.56. The van der Waals surface area contributed by atoms with Crippen LogP contribution in [0.3, 0.4) is 0 Å². The van der Waals surface area contributed by atoms with Gasteiger partial charge in [0.25, 0.3) is 0 Å². The zero-order valence-corrected chi connectivity index (χ0v) is 10.8. The lowest BCUT2D eigenvalue weighted by atomic mass is 9.75. The molecule has 0 spiro atoms. The molecule has 1 aromatic rings. The quantitative estimate of drug-likeness (QED) is 0.843. The summed E-state index contributed by atoms with van der Waals surface area (Å²) in [7, 11) is 6.35. The van der Waals surface area contributed by atoms with E-state index in [1.807, 2.05) is 7.05 Å². The van der Waals surface area contributed by atoms with Crippen LogP contribution in [0.5, 0.6) is 0 Å². The number of likely N-dealkylation sites (N-methyl/N-ethyl adjacent to an activating group) is 2. The second-order valence-corrected chi connectivity index (χ2v) is 5.13. The standard InChI is InChI=1S/C12H21N5/c1-16(2)12(5-4-6-12)9-17(3)11-8-14-7-10(13)15-11/h7-8H,4-6,9H2,1-3H3,(H2,13,15). The maximum atomic E-state index is 5.66. The first-order chi connectivity index (χ1) is 8.03. The van der Waals surface area contributed by atoms with E-state index in [2.05, 4.69) is 33.9 Å². The maximum Gasteiger partial charge on any atom is 0.149 e. The molecule has 0 aromatic carbocycles. The maximum absolute atomic E-state index is 5.66. The number of nitrogens with zero attached hydrogens (tertiary/aromatic N) is 4. The van der Waals surface area contributed by atoms with Gasteiger partial charge in [-0.2, -0.15) is 0 Å². The van der Waals surface area contributed by atoms with E-state index in [1.165, 1.54) is 19.3 Å². The molecule has 0 atom stereocenters. The highest BCUT2D eigenvalue weighted by Crippen LogP contribution is 2.37. The fourth-order valence-corrected chi connectivity index (χ4v) is 2.41. The molecule has 0 unspecified atom stereocenters. The number of rotatable bonds is 4. The molecule has 1 fully saturated rings. The Labute approximate surface area is 103 Å². The Morgan fingerprint density at radius 3 is 2.47 bits per heavy atom. The van der Waals surface area contributed by atoms with Crippen LogP contribution in [-0.4, -0.2) is 48.1 Å². The fourth-order valence-electron chi connectivity index (χ4n) is 2.41. The molecule has 1 aromatic heterocycles. The molecule has 2 N–H and O–H groups in total. The monoisotopic (exact) mass is 235 g/mol. The first kappa shape index (κ1) is 12.1. The van der Waals surface area contributed by atoms with Crippen molar-refractivity contribution in [3.63, 3.8) is 0 Å². The second kappa shape index (κ2) is 4.49. The molecule has 17 heavy (non-hydrogen) atoms. The molecule has 0 bridgehead atoms. The minimum atomic E-state index is 0.293. The van der Waals surface area contributed by atoms with Crippen LogP contribution in [0.15, 0.2) is 12.4 Å². The number of nitrogen functional groups attached to an aromatic ring is 1. The van der Waals surface area contributed by atoms with E-state index in [0.29, 0.717) is 11.4 Å². The summed E-state index contributed by atoms with van der Waals surface area (Å²) < 4.78 is 0. The van der Waals surface area contributed by atoms with Crippen LogP contribution in [0.25, 0.3) is 0 Å². The minimum absolute atomic E-state index is 0.293.